The molecule has 0 aromatic heterocycles. The lowest BCUT2D eigenvalue weighted by Gasteiger charge is -2.23. The Balaban J connectivity index is 1.70. The van der Waals surface area contributed by atoms with Crippen molar-refractivity contribution < 1.29 is 24.0 Å². The van der Waals surface area contributed by atoms with Crippen molar-refractivity contribution in [2.75, 3.05) is 19.6 Å². The van der Waals surface area contributed by atoms with Gasteiger partial charge in [-0.25, -0.2) is 0 Å². The predicted octanol–water partition coefficient (Wildman–Crippen LogP) is 0.0223. The number of nitrogens with one attached hydrogen (secondary N) is 8. The van der Waals surface area contributed by atoms with Gasteiger partial charge in [-0.3, -0.25) is 40.1 Å². The van der Waals surface area contributed by atoms with Crippen LogP contribution in [0.4, 0.5) is 0 Å². The molecule has 0 fully saturated rings. The highest BCUT2D eigenvalue weighted by atomic mass is 16.2. The standard InChI is InChI=1S/C32H40N10O5/c33-31(34)37-16-6-12-24(40-26(43)19-39-27(44)21-9-2-1-3-10-21)29(46)41-25(13-7-17-38-32(35)36)30(47)42-28(45)23-15-14-20-8-4-5-11-22(20)18-23/h1-5,8-11,14-15,18,24-25H,6-7,12-13,16-17,19H2,(H,39,44)(H,40,43)(H,41,46)(H4,33,34,37)(H4,35,36,38)(H,42,45,47)/t24-,25-/m0/s1. The Morgan fingerprint density at radius 1 is 0.617 bits per heavy atom. The van der Waals surface area contributed by atoms with E-state index in [0.29, 0.717) is 18.4 Å². The van der Waals surface area contributed by atoms with Crippen LogP contribution in [-0.2, 0) is 14.4 Å². The van der Waals surface area contributed by atoms with Crippen molar-refractivity contribution in [1.82, 2.24) is 31.9 Å². The number of guanidine groups is 2. The van der Waals surface area contributed by atoms with Crippen molar-refractivity contribution in [2.24, 2.45) is 11.5 Å². The van der Waals surface area contributed by atoms with Crippen molar-refractivity contribution in [1.29, 1.82) is 10.8 Å². The van der Waals surface area contributed by atoms with Crippen LogP contribution in [0.2, 0.25) is 0 Å². The average Bonchev–Trinajstić information content (AvgIpc) is 3.06. The van der Waals surface area contributed by atoms with Gasteiger partial charge in [-0.1, -0.05) is 48.5 Å². The zero-order chi connectivity index (χ0) is 34.2. The molecule has 3 aromatic carbocycles. The molecule has 47 heavy (non-hydrogen) atoms. The predicted molar refractivity (Wildman–Crippen MR) is 177 cm³/mol. The number of carbonyl (C=O) groups excluding carboxylic acids is 5. The largest absolute Gasteiger partial charge is 0.370 e. The van der Waals surface area contributed by atoms with Gasteiger partial charge in [-0.2, -0.15) is 0 Å². The quantitative estimate of drug-likeness (QED) is 0.0572. The third-order valence-electron chi connectivity index (χ3n) is 6.95. The number of benzene rings is 3. The van der Waals surface area contributed by atoms with Gasteiger partial charge in [0, 0.05) is 24.2 Å². The smallest absolute Gasteiger partial charge is 0.257 e. The first-order chi connectivity index (χ1) is 22.5. The molecule has 2 atom stereocenters. The molecule has 15 heteroatoms. The number of nitrogens with two attached hydrogens (primary N) is 2. The highest BCUT2D eigenvalue weighted by Crippen LogP contribution is 2.15. The molecule has 0 bridgehead atoms. The molecule has 0 saturated carbocycles. The van der Waals surface area contributed by atoms with Gasteiger partial charge in [0.05, 0.1) is 6.54 Å². The van der Waals surface area contributed by atoms with Crippen LogP contribution >= 0.6 is 0 Å². The maximum Gasteiger partial charge on any atom is 0.257 e. The minimum absolute atomic E-state index is 0.0720. The van der Waals surface area contributed by atoms with Gasteiger partial charge in [0.2, 0.25) is 17.7 Å². The van der Waals surface area contributed by atoms with Crippen LogP contribution in [0, 0.1) is 10.8 Å². The first-order valence-electron chi connectivity index (χ1n) is 15.0. The van der Waals surface area contributed by atoms with Gasteiger partial charge in [0.15, 0.2) is 11.9 Å². The third-order valence-corrected chi connectivity index (χ3v) is 6.95. The second kappa shape index (κ2) is 18.1. The first-order valence-corrected chi connectivity index (χ1v) is 15.0. The topological polar surface area (TPSA) is 257 Å². The highest BCUT2D eigenvalue weighted by Gasteiger charge is 2.28. The van der Waals surface area contributed by atoms with Crippen LogP contribution in [-0.4, -0.2) is 73.2 Å². The third kappa shape index (κ3) is 12.1. The van der Waals surface area contributed by atoms with Crippen LogP contribution in [0.15, 0.2) is 72.8 Å². The fourth-order valence-electron chi connectivity index (χ4n) is 4.57. The molecule has 0 aliphatic heterocycles. The van der Waals surface area contributed by atoms with E-state index in [-0.39, 0.29) is 43.4 Å². The zero-order valence-electron chi connectivity index (χ0n) is 25.7. The van der Waals surface area contributed by atoms with Gasteiger partial charge in [0.25, 0.3) is 11.8 Å². The van der Waals surface area contributed by atoms with E-state index in [2.05, 4.69) is 31.9 Å². The molecule has 12 N–H and O–H groups in total. The van der Waals surface area contributed by atoms with E-state index >= 15 is 0 Å². The van der Waals surface area contributed by atoms with Crippen molar-refractivity contribution in [3.63, 3.8) is 0 Å². The highest BCUT2D eigenvalue weighted by molar-refractivity contribution is 6.08. The molecular formula is C32H40N10O5. The Hall–Kier alpha value is -5.99. The number of hydrogen-bond donors (Lipinski definition) is 10. The Labute approximate surface area is 271 Å². The van der Waals surface area contributed by atoms with Gasteiger partial charge in [-0.15, -0.1) is 0 Å². The summed E-state index contributed by atoms with van der Waals surface area (Å²) in [5.41, 5.74) is 11.3. The van der Waals surface area contributed by atoms with Crippen molar-refractivity contribution in [2.45, 2.75) is 37.8 Å². The van der Waals surface area contributed by atoms with E-state index in [4.69, 9.17) is 22.3 Å². The van der Waals surface area contributed by atoms with E-state index in [1.165, 1.54) is 0 Å². The number of amides is 5. The van der Waals surface area contributed by atoms with Gasteiger partial charge < -0.3 is 38.1 Å². The molecule has 0 heterocycles. The summed E-state index contributed by atoms with van der Waals surface area (Å²) in [6.07, 6.45) is 0.782. The zero-order valence-corrected chi connectivity index (χ0v) is 25.7. The molecule has 0 aliphatic rings. The Morgan fingerprint density at radius 3 is 1.81 bits per heavy atom. The first kappa shape index (κ1) is 35.5. The minimum Gasteiger partial charge on any atom is -0.370 e. The van der Waals surface area contributed by atoms with Crippen LogP contribution in [0.3, 0.4) is 0 Å². The lowest BCUT2D eigenvalue weighted by atomic mass is 10.1. The summed E-state index contributed by atoms with van der Waals surface area (Å²) in [6, 6.07) is 18.4. The van der Waals surface area contributed by atoms with Crippen molar-refractivity contribution >= 4 is 52.2 Å². The number of fused-ring (bicyclic) bond motifs is 1. The summed E-state index contributed by atoms with van der Waals surface area (Å²) in [5, 5.41) is 31.7. The van der Waals surface area contributed by atoms with E-state index < -0.39 is 48.2 Å². The molecule has 15 nitrogen and oxygen atoms in total. The maximum absolute atomic E-state index is 13.5. The van der Waals surface area contributed by atoms with E-state index in [9.17, 15) is 24.0 Å². The summed E-state index contributed by atoms with van der Waals surface area (Å²) >= 11 is 0. The molecule has 248 valence electrons. The molecule has 0 unspecified atom stereocenters. The molecule has 5 amide bonds. The molecule has 3 rings (SSSR count). The summed E-state index contributed by atoms with van der Waals surface area (Å²) in [6.45, 7) is 0.0519. The number of carbonyl (C=O) groups is 5. The number of hydrogen-bond acceptors (Lipinski definition) is 7. The molecule has 0 spiro atoms. The van der Waals surface area contributed by atoms with Crippen LogP contribution in [0.1, 0.15) is 46.4 Å². The van der Waals surface area contributed by atoms with Crippen molar-refractivity contribution in [3.05, 3.63) is 83.9 Å². The lowest BCUT2D eigenvalue weighted by Crippen LogP contribution is -2.55. The van der Waals surface area contributed by atoms with Crippen LogP contribution < -0.4 is 43.4 Å². The fourth-order valence-corrected chi connectivity index (χ4v) is 4.57. The number of rotatable bonds is 16. The molecule has 0 saturated heterocycles. The Bertz CT molecular complexity index is 1600. The van der Waals surface area contributed by atoms with Crippen LogP contribution in [0.5, 0.6) is 0 Å². The average molecular weight is 645 g/mol. The van der Waals surface area contributed by atoms with Crippen molar-refractivity contribution in [3.8, 4) is 0 Å². The van der Waals surface area contributed by atoms with E-state index in [0.717, 1.165) is 10.8 Å². The van der Waals surface area contributed by atoms with E-state index in [1.54, 1.807) is 48.5 Å². The summed E-state index contributed by atoms with van der Waals surface area (Å²) in [5.74, 6) is -3.76. The molecule has 0 aliphatic carbocycles. The van der Waals surface area contributed by atoms with Gasteiger partial charge in [-0.05, 0) is 60.7 Å². The molecule has 0 radical (unpaired) electrons. The van der Waals surface area contributed by atoms with Gasteiger partial charge in [0.1, 0.15) is 12.1 Å². The summed E-state index contributed by atoms with van der Waals surface area (Å²) in [7, 11) is 0. The van der Waals surface area contributed by atoms with E-state index in [1.807, 2.05) is 24.3 Å². The fraction of sp³-hybridized carbons (Fsp3) is 0.281. The summed E-state index contributed by atoms with van der Waals surface area (Å²) in [4.78, 5) is 65.0. The normalized spacial score (nSPS) is 11.7. The van der Waals surface area contributed by atoms with Crippen LogP contribution in [0.25, 0.3) is 10.8 Å². The second-order valence-corrected chi connectivity index (χ2v) is 10.6. The molecule has 3 aromatic rings. The Kier molecular flexibility index (Phi) is 13.7. The maximum atomic E-state index is 13.5. The number of imide groups is 1. The monoisotopic (exact) mass is 644 g/mol. The second-order valence-electron chi connectivity index (χ2n) is 10.6. The Morgan fingerprint density at radius 2 is 1.19 bits per heavy atom. The van der Waals surface area contributed by atoms with Gasteiger partial charge >= 0.3 is 0 Å². The lowest BCUT2D eigenvalue weighted by molar-refractivity contribution is -0.131. The SMILES string of the molecule is N=C(N)NCCC[C@H](NC(=O)CNC(=O)c1ccccc1)C(=O)N[C@@H](CCCNC(=N)N)C(=O)NC(=O)c1ccc2ccccc2c1. The minimum atomic E-state index is -1.19. The molecular weight excluding hydrogens is 604 g/mol. The summed E-state index contributed by atoms with van der Waals surface area (Å²) < 4.78 is 0.